The van der Waals surface area contributed by atoms with Gasteiger partial charge in [0.2, 0.25) is 11.1 Å². The molecule has 3 aromatic rings. The van der Waals surface area contributed by atoms with Crippen LogP contribution in [0.2, 0.25) is 5.02 Å². The predicted octanol–water partition coefficient (Wildman–Crippen LogP) is 3.14. The van der Waals surface area contributed by atoms with Crippen LogP contribution in [-0.2, 0) is 4.79 Å². The van der Waals surface area contributed by atoms with E-state index in [2.05, 4.69) is 20.8 Å². The number of phenolic OH excluding ortho intramolecular Hbond substituents is 1. The van der Waals surface area contributed by atoms with Crippen molar-refractivity contribution in [1.29, 1.82) is 0 Å². The highest BCUT2D eigenvalue weighted by atomic mass is 35.5. The average molecular weight is 376 g/mol. The van der Waals surface area contributed by atoms with Crippen molar-refractivity contribution in [3.63, 3.8) is 0 Å². The summed E-state index contributed by atoms with van der Waals surface area (Å²) in [5.41, 5.74) is 1.39. The van der Waals surface area contributed by atoms with E-state index in [0.717, 1.165) is 5.69 Å². The third-order valence-corrected chi connectivity index (χ3v) is 4.36. The fourth-order valence-corrected chi connectivity index (χ4v) is 3.07. The summed E-state index contributed by atoms with van der Waals surface area (Å²) >= 11 is 7.26. The number of aromatic hydroxyl groups is 1. The van der Waals surface area contributed by atoms with Crippen molar-refractivity contribution in [1.82, 2.24) is 20.2 Å². The summed E-state index contributed by atoms with van der Waals surface area (Å²) < 4.78 is 1.55. The second kappa shape index (κ2) is 8.00. The highest BCUT2D eigenvalue weighted by Gasteiger charge is 2.10. The molecule has 0 atom stereocenters. The number of rotatable bonds is 6. The van der Waals surface area contributed by atoms with Gasteiger partial charge in [0.1, 0.15) is 5.75 Å². The Kier molecular flexibility index (Phi) is 5.52. The smallest absolute Gasteiger partial charge is 0.225 e. The van der Waals surface area contributed by atoms with Gasteiger partial charge < -0.3 is 10.4 Å². The molecule has 0 aliphatic heterocycles. The first kappa shape index (κ1) is 17.2. The van der Waals surface area contributed by atoms with Crippen molar-refractivity contribution in [3.05, 3.63) is 53.6 Å². The van der Waals surface area contributed by atoms with Crippen LogP contribution in [0.1, 0.15) is 6.42 Å². The lowest BCUT2D eigenvalue weighted by Gasteiger charge is -2.06. The molecule has 1 heterocycles. The predicted molar refractivity (Wildman–Crippen MR) is 96.2 cm³/mol. The van der Waals surface area contributed by atoms with Gasteiger partial charge in [-0.2, -0.15) is 4.68 Å². The Bertz CT molecular complexity index is 869. The Morgan fingerprint density at radius 3 is 2.80 bits per heavy atom. The molecule has 1 amide bonds. The molecule has 0 unspecified atom stereocenters. The number of carbonyl (C=O) groups excluding carboxylic acids is 1. The van der Waals surface area contributed by atoms with Gasteiger partial charge in [0.25, 0.3) is 0 Å². The molecule has 0 radical (unpaired) electrons. The molecular formula is C16H14ClN5O2S. The number of hydrogen-bond donors (Lipinski definition) is 2. The van der Waals surface area contributed by atoms with E-state index >= 15 is 0 Å². The highest BCUT2D eigenvalue weighted by molar-refractivity contribution is 7.99. The molecular weight excluding hydrogens is 362 g/mol. The minimum atomic E-state index is -0.113. The van der Waals surface area contributed by atoms with E-state index in [0.29, 0.717) is 28.0 Å². The standard InChI is InChI=1S/C16H14ClN5O2S/c17-11-2-1-3-12(10-11)18-15(24)8-9-25-16-19-20-21-22(16)13-4-6-14(23)7-5-13/h1-7,10,23H,8-9H2,(H,18,24). The molecule has 0 saturated heterocycles. The lowest BCUT2D eigenvalue weighted by atomic mass is 10.3. The summed E-state index contributed by atoms with van der Waals surface area (Å²) in [4.78, 5) is 12.0. The number of aromatic nitrogens is 4. The molecule has 9 heteroatoms. The molecule has 0 fully saturated rings. The van der Waals surface area contributed by atoms with Crippen LogP contribution >= 0.6 is 23.4 Å². The Balaban J connectivity index is 1.55. The zero-order chi connectivity index (χ0) is 17.6. The highest BCUT2D eigenvalue weighted by Crippen LogP contribution is 2.21. The summed E-state index contributed by atoms with van der Waals surface area (Å²) in [6.07, 6.45) is 0.305. The van der Waals surface area contributed by atoms with Crippen LogP contribution in [0.3, 0.4) is 0 Å². The lowest BCUT2D eigenvalue weighted by molar-refractivity contribution is -0.115. The Hall–Kier alpha value is -2.58. The topological polar surface area (TPSA) is 92.9 Å². The fraction of sp³-hybridized carbons (Fsp3) is 0.125. The molecule has 128 valence electrons. The number of amides is 1. The lowest BCUT2D eigenvalue weighted by Crippen LogP contribution is -2.12. The zero-order valence-electron chi connectivity index (χ0n) is 13.0. The van der Waals surface area contributed by atoms with Crippen LogP contribution in [-0.4, -0.2) is 37.0 Å². The number of nitrogens with zero attached hydrogens (tertiary/aromatic N) is 4. The van der Waals surface area contributed by atoms with Gasteiger partial charge >= 0.3 is 0 Å². The van der Waals surface area contributed by atoms with Crippen LogP contribution in [0.5, 0.6) is 5.75 Å². The normalized spacial score (nSPS) is 10.6. The van der Waals surface area contributed by atoms with Crippen molar-refractivity contribution < 1.29 is 9.90 Å². The largest absolute Gasteiger partial charge is 0.508 e. The van der Waals surface area contributed by atoms with Crippen molar-refractivity contribution in [3.8, 4) is 11.4 Å². The van der Waals surface area contributed by atoms with Crippen molar-refractivity contribution in [2.45, 2.75) is 11.6 Å². The number of tetrazole rings is 1. The molecule has 0 aliphatic carbocycles. The zero-order valence-corrected chi connectivity index (χ0v) is 14.5. The number of anilines is 1. The molecule has 0 aliphatic rings. The quantitative estimate of drug-likeness (QED) is 0.643. The number of hydrogen-bond acceptors (Lipinski definition) is 6. The maximum Gasteiger partial charge on any atom is 0.225 e. The van der Waals surface area contributed by atoms with Gasteiger partial charge in [0.15, 0.2) is 0 Å². The van der Waals surface area contributed by atoms with E-state index in [1.54, 1.807) is 53.2 Å². The van der Waals surface area contributed by atoms with E-state index in [1.165, 1.54) is 11.8 Å². The van der Waals surface area contributed by atoms with Gasteiger partial charge in [-0.25, -0.2) is 0 Å². The maximum atomic E-state index is 12.0. The summed E-state index contributed by atoms with van der Waals surface area (Å²) in [5, 5.41) is 24.8. The van der Waals surface area contributed by atoms with E-state index in [4.69, 9.17) is 11.6 Å². The number of carbonyl (C=O) groups is 1. The third-order valence-electron chi connectivity index (χ3n) is 3.20. The van der Waals surface area contributed by atoms with Gasteiger partial charge in [-0.1, -0.05) is 29.4 Å². The molecule has 2 N–H and O–H groups in total. The summed E-state index contributed by atoms with van der Waals surface area (Å²) in [6.45, 7) is 0. The summed E-state index contributed by atoms with van der Waals surface area (Å²) in [6, 6.07) is 13.5. The van der Waals surface area contributed by atoms with Crippen molar-refractivity contribution in [2.24, 2.45) is 0 Å². The monoisotopic (exact) mass is 375 g/mol. The summed E-state index contributed by atoms with van der Waals surface area (Å²) in [7, 11) is 0. The number of halogens is 1. The van der Waals surface area contributed by atoms with E-state index < -0.39 is 0 Å². The van der Waals surface area contributed by atoms with Crippen molar-refractivity contribution in [2.75, 3.05) is 11.1 Å². The SMILES string of the molecule is O=C(CCSc1nnnn1-c1ccc(O)cc1)Nc1cccc(Cl)c1. The van der Waals surface area contributed by atoms with Crippen LogP contribution in [0, 0.1) is 0 Å². The molecule has 3 rings (SSSR count). The molecule has 0 bridgehead atoms. The minimum Gasteiger partial charge on any atom is -0.508 e. The third kappa shape index (κ3) is 4.71. The van der Waals surface area contributed by atoms with Crippen LogP contribution in [0.25, 0.3) is 5.69 Å². The number of phenols is 1. The first-order valence-electron chi connectivity index (χ1n) is 7.38. The molecule has 0 spiro atoms. The van der Waals surface area contributed by atoms with Crippen LogP contribution in [0.4, 0.5) is 5.69 Å². The fourth-order valence-electron chi connectivity index (χ4n) is 2.05. The average Bonchev–Trinajstić information content (AvgIpc) is 3.04. The van der Waals surface area contributed by atoms with Crippen LogP contribution in [0.15, 0.2) is 53.7 Å². The second-order valence-electron chi connectivity index (χ2n) is 5.05. The van der Waals surface area contributed by atoms with Gasteiger partial charge in [0, 0.05) is 22.9 Å². The first-order chi connectivity index (χ1) is 12.1. The Labute approximate surface area is 153 Å². The molecule has 25 heavy (non-hydrogen) atoms. The number of thioether (sulfide) groups is 1. The molecule has 2 aromatic carbocycles. The van der Waals surface area contributed by atoms with E-state index in [-0.39, 0.29) is 11.7 Å². The van der Waals surface area contributed by atoms with Crippen LogP contribution < -0.4 is 5.32 Å². The van der Waals surface area contributed by atoms with Gasteiger partial charge in [-0.15, -0.1) is 5.10 Å². The van der Waals surface area contributed by atoms with Gasteiger partial charge in [0.05, 0.1) is 5.69 Å². The minimum absolute atomic E-state index is 0.113. The number of nitrogens with one attached hydrogen (secondary N) is 1. The number of benzene rings is 2. The van der Waals surface area contributed by atoms with Crippen molar-refractivity contribution >= 4 is 35.0 Å². The van der Waals surface area contributed by atoms with Gasteiger partial charge in [-0.05, 0) is 52.9 Å². The Morgan fingerprint density at radius 2 is 2.04 bits per heavy atom. The molecule has 0 saturated carbocycles. The van der Waals surface area contributed by atoms with E-state index in [9.17, 15) is 9.90 Å². The van der Waals surface area contributed by atoms with Gasteiger partial charge in [-0.3, -0.25) is 4.79 Å². The second-order valence-corrected chi connectivity index (χ2v) is 6.55. The molecule has 7 nitrogen and oxygen atoms in total. The summed E-state index contributed by atoms with van der Waals surface area (Å²) in [5.74, 6) is 0.576. The Morgan fingerprint density at radius 1 is 1.24 bits per heavy atom. The maximum absolute atomic E-state index is 12.0. The van der Waals surface area contributed by atoms with E-state index in [1.807, 2.05) is 0 Å². The molecule has 1 aromatic heterocycles. The first-order valence-corrected chi connectivity index (χ1v) is 8.74.